The molecule has 0 radical (unpaired) electrons. The van der Waals surface area contributed by atoms with E-state index in [0.29, 0.717) is 11.3 Å². The fourth-order valence-corrected chi connectivity index (χ4v) is 2.45. The van der Waals surface area contributed by atoms with Crippen molar-refractivity contribution in [1.82, 2.24) is 15.2 Å². The number of hydrogen-bond donors (Lipinski definition) is 1. The lowest BCUT2D eigenvalue weighted by molar-refractivity contribution is -0.385. The van der Waals surface area contributed by atoms with Crippen LogP contribution in [0.1, 0.15) is 5.56 Å². The van der Waals surface area contributed by atoms with E-state index < -0.39 is 22.8 Å². The Hall–Kier alpha value is -4.34. The first-order valence-electron chi connectivity index (χ1n) is 8.27. The second-order valence-electron chi connectivity index (χ2n) is 5.80. The highest BCUT2D eigenvalue weighted by atomic mass is 16.6. The fraction of sp³-hybridized carbons (Fsp3) is 0.0526. The molecule has 1 aliphatic heterocycles. The van der Waals surface area contributed by atoms with Gasteiger partial charge in [-0.1, -0.05) is 18.2 Å². The summed E-state index contributed by atoms with van der Waals surface area (Å²) in [6.07, 6.45) is 3.81. The summed E-state index contributed by atoms with van der Waals surface area (Å²) >= 11 is 0. The number of hydrogen-bond acceptors (Lipinski definition) is 7. The zero-order valence-corrected chi connectivity index (χ0v) is 14.9. The van der Waals surface area contributed by atoms with Gasteiger partial charge in [-0.25, -0.2) is 9.78 Å². The number of nitrogens with one attached hydrogen (secondary N) is 1. The molecule has 29 heavy (non-hydrogen) atoms. The van der Waals surface area contributed by atoms with Crippen molar-refractivity contribution in [3.63, 3.8) is 0 Å². The highest BCUT2D eigenvalue weighted by molar-refractivity contribution is 6.31. The third-order valence-electron chi connectivity index (χ3n) is 3.84. The maximum absolute atomic E-state index is 12.4. The molecule has 1 aromatic heterocycles. The number of carbonyl (C=O) groups is 3. The Labute approximate surface area is 164 Å². The van der Waals surface area contributed by atoms with Crippen LogP contribution >= 0.6 is 0 Å². The summed E-state index contributed by atoms with van der Waals surface area (Å²) in [5.74, 6) is -0.928. The molecule has 146 valence electrons. The van der Waals surface area contributed by atoms with Crippen LogP contribution in [0, 0.1) is 10.1 Å². The minimum atomic E-state index is -0.795. The lowest BCUT2D eigenvalue weighted by Gasteiger charge is -2.25. The van der Waals surface area contributed by atoms with Crippen molar-refractivity contribution in [3.05, 3.63) is 76.5 Å². The van der Waals surface area contributed by atoms with Crippen molar-refractivity contribution in [3.8, 4) is 11.6 Å². The summed E-state index contributed by atoms with van der Waals surface area (Å²) in [6, 6.07) is 8.19. The van der Waals surface area contributed by atoms with Gasteiger partial charge in [0, 0.05) is 18.7 Å². The van der Waals surface area contributed by atoms with E-state index in [9.17, 15) is 24.5 Å². The van der Waals surface area contributed by atoms with E-state index in [0.717, 1.165) is 11.1 Å². The first-order valence-corrected chi connectivity index (χ1v) is 8.27. The fourth-order valence-electron chi connectivity index (χ4n) is 2.45. The first-order chi connectivity index (χ1) is 13.9. The average molecular weight is 394 g/mol. The first kappa shape index (κ1) is 19.4. The average Bonchev–Trinajstić information content (AvgIpc) is 2.70. The number of imide groups is 2. The lowest BCUT2D eigenvalue weighted by Crippen LogP contribution is -2.54. The van der Waals surface area contributed by atoms with Crippen LogP contribution in [0.4, 0.5) is 10.5 Å². The van der Waals surface area contributed by atoms with Gasteiger partial charge in [0.15, 0.2) is 0 Å². The normalized spacial score (nSPS) is 15.2. The smallest absolute Gasteiger partial charge is 0.331 e. The molecular weight excluding hydrogens is 380 g/mol. The van der Waals surface area contributed by atoms with E-state index in [-0.39, 0.29) is 23.7 Å². The molecule has 1 saturated heterocycles. The molecule has 1 aliphatic rings. The molecule has 4 amide bonds. The number of ether oxygens (including phenoxy) is 1. The third kappa shape index (κ3) is 4.33. The molecule has 2 heterocycles. The molecule has 0 spiro atoms. The van der Waals surface area contributed by atoms with Gasteiger partial charge in [0.25, 0.3) is 17.5 Å². The van der Waals surface area contributed by atoms with Gasteiger partial charge >= 0.3 is 6.03 Å². The topological polar surface area (TPSA) is 132 Å². The number of pyridine rings is 1. The zero-order valence-electron chi connectivity index (χ0n) is 14.9. The van der Waals surface area contributed by atoms with Crippen LogP contribution in [0.25, 0.3) is 6.08 Å². The molecule has 1 aromatic carbocycles. The number of amides is 4. The van der Waals surface area contributed by atoms with E-state index in [1.54, 1.807) is 24.3 Å². The molecule has 1 fully saturated rings. The van der Waals surface area contributed by atoms with Crippen LogP contribution in [0.3, 0.4) is 0 Å². The van der Waals surface area contributed by atoms with E-state index in [1.807, 2.05) is 0 Å². The number of benzene rings is 1. The molecule has 0 atom stereocenters. The summed E-state index contributed by atoms with van der Waals surface area (Å²) in [5, 5.41) is 12.7. The predicted octanol–water partition coefficient (Wildman–Crippen LogP) is 2.43. The van der Waals surface area contributed by atoms with Crippen LogP contribution in [0.15, 0.2) is 60.8 Å². The van der Waals surface area contributed by atoms with Crippen LogP contribution in [-0.4, -0.2) is 39.2 Å². The van der Waals surface area contributed by atoms with E-state index >= 15 is 0 Å². The maximum Gasteiger partial charge on any atom is 0.331 e. The molecule has 10 heteroatoms. The van der Waals surface area contributed by atoms with E-state index in [1.165, 1.54) is 24.3 Å². The minimum absolute atomic E-state index is 0.0235. The molecule has 1 N–H and O–H groups in total. The van der Waals surface area contributed by atoms with Crippen molar-refractivity contribution in [2.75, 3.05) is 6.54 Å². The van der Waals surface area contributed by atoms with Crippen molar-refractivity contribution in [2.24, 2.45) is 0 Å². The molecule has 3 rings (SSSR count). The van der Waals surface area contributed by atoms with Gasteiger partial charge in [-0.2, -0.15) is 0 Å². The summed E-state index contributed by atoms with van der Waals surface area (Å²) < 4.78 is 5.50. The number of aromatic nitrogens is 1. The Kier molecular flexibility index (Phi) is 5.44. The van der Waals surface area contributed by atoms with Crippen molar-refractivity contribution >= 4 is 29.6 Å². The van der Waals surface area contributed by atoms with Gasteiger partial charge in [-0.3, -0.25) is 29.9 Å². The Morgan fingerprint density at radius 1 is 1.17 bits per heavy atom. The van der Waals surface area contributed by atoms with Gasteiger partial charge in [-0.05, 0) is 23.8 Å². The van der Waals surface area contributed by atoms with Gasteiger partial charge in [0.2, 0.25) is 5.88 Å². The molecule has 0 aliphatic carbocycles. The Morgan fingerprint density at radius 2 is 1.90 bits per heavy atom. The van der Waals surface area contributed by atoms with E-state index in [4.69, 9.17) is 4.74 Å². The second-order valence-corrected chi connectivity index (χ2v) is 5.80. The largest absolute Gasteiger partial charge is 0.439 e. The van der Waals surface area contributed by atoms with E-state index in [2.05, 4.69) is 16.9 Å². The second kappa shape index (κ2) is 8.13. The lowest BCUT2D eigenvalue weighted by atomic mass is 10.1. The monoisotopic (exact) mass is 394 g/mol. The third-order valence-corrected chi connectivity index (χ3v) is 3.84. The molecular formula is C19H14N4O6. The number of urea groups is 1. The predicted molar refractivity (Wildman–Crippen MR) is 101 cm³/mol. The van der Waals surface area contributed by atoms with Crippen LogP contribution in [-0.2, 0) is 9.59 Å². The summed E-state index contributed by atoms with van der Waals surface area (Å²) in [5.41, 5.74) is 0.191. The molecule has 0 saturated carbocycles. The van der Waals surface area contributed by atoms with Crippen LogP contribution in [0.5, 0.6) is 11.6 Å². The molecule has 0 bridgehead atoms. The summed E-state index contributed by atoms with van der Waals surface area (Å²) in [6.45, 7) is 3.46. The van der Waals surface area contributed by atoms with Crippen molar-refractivity contribution in [2.45, 2.75) is 0 Å². The number of rotatable bonds is 6. The van der Waals surface area contributed by atoms with Crippen molar-refractivity contribution in [1.29, 1.82) is 0 Å². The number of carbonyl (C=O) groups excluding carboxylic acids is 3. The van der Waals surface area contributed by atoms with Crippen LogP contribution in [0.2, 0.25) is 0 Å². The standard InChI is InChI=1S/C19H14N4O6/c1-2-9-22-18(25)15(17(24)21-19(22)26)10-12-3-6-14(7-4-12)29-16-8-5-13(11-20-16)23(27)28/h2-8,10-11H,1,9H2,(H,21,24,26)/b15-10+. The Balaban J connectivity index is 1.76. The highest BCUT2D eigenvalue weighted by Gasteiger charge is 2.34. The van der Waals surface area contributed by atoms with Gasteiger partial charge in [-0.15, -0.1) is 6.58 Å². The van der Waals surface area contributed by atoms with Gasteiger partial charge in [0.1, 0.15) is 17.5 Å². The Morgan fingerprint density at radius 3 is 2.48 bits per heavy atom. The summed E-state index contributed by atoms with van der Waals surface area (Å²) in [7, 11) is 0. The number of nitrogens with zero attached hydrogens (tertiary/aromatic N) is 3. The quantitative estimate of drug-likeness (QED) is 0.262. The minimum Gasteiger partial charge on any atom is -0.439 e. The number of barbiturate groups is 1. The van der Waals surface area contributed by atoms with Gasteiger partial charge < -0.3 is 4.74 Å². The molecule has 0 unspecified atom stereocenters. The molecule has 10 nitrogen and oxygen atoms in total. The SMILES string of the molecule is C=CCN1C(=O)NC(=O)/C(=C\c2ccc(Oc3ccc([N+](=O)[O-])cn3)cc2)C1=O. The molecule has 2 aromatic rings. The zero-order chi connectivity index (χ0) is 21.0. The van der Waals surface area contributed by atoms with Crippen molar-refractivity contribution < 1.29 is 24.0 Å². The number of nitro groups is 1. The van der Waals surface area contributed by atoms with Crippen LogP contribution < -0.4 is 10.1 Å². The maximum atomic E-state index is 12.4. The Bertz CT molecular complexity index is 1030. The highest BCUT2D eigenvalue weighted by Crippen LogP contribution is 2.23. The summed E-state index contributed by atoms with van der Waals surface area (Å²) in [4.78, 5) is 50.9. The van der Waals surface area contributed by atoms with Gasteiger partial charge in [0.05, 0.1) is 4.92 Å².